The molecule has 2 nitrogen and oxygen atoms in total. The minimum Gasteiger partial charge on any atom is -0.478 e. The lowest BCUT2D eigenvalue weighted by Gasteiger charge is -2.03. The molecule has 0 amide bonds. The second kappa shape index (κ2) is 22.3. The van der Waals surface area contributed by atoms with Crippen molar-refractivity contribution in [1.29, 1.82) is 0 Å². The molecule has 0 aliphatic rings. The zero-order chi connectivity index (χ0) is 19.1. The molecule has 0 saturated heterocycles. The third-order valence-electron chi connectivity index (χ3n) is 5.23. The third-order valence-corrected chi connectivity index (χ3v) is 5.23. The van der Waals surface area contributed by atoms with Crippen LogP contribution in [0, 0.1) is 0 Å². The molecule has 26 heavy (non-hydrogen) atoms. The van der Waals surface area contributed by atoms with Crippen molar-refractivity contribution in [3.8, 4) is 0 Å². The maximum atomic E-state index is 10.3. The van der Waals surface area contributed by atoms with Gasteiger partial charge >= 0.3 is 5.97 Å². The fourth-order valence-corrected chi connectivity index (χ4v) is 3.52. The Morgan fingerprint density at radius 2 is 0.885 bits per heavy atom. The molecule has 0 aliphatic carbocycles. The second-order valence-corrected chi connectivity index (χ2v) is 7.89. The smallest absolute Gasteiger partial charge is 0.327 e. The standard InChI is InChI=1S/C24H46O2/c1-2-3-4-5-6-7-8-9-10-11-12-13-14-15-16-17-18-19-20-21-22-23-24(25)26/h22-23H,2-21H2,1H3,(H,25,26)/b23-22-. The Labute approximate surface area is 163 Å². The lowest BCUT2D eigenvalue weighted by Crippen LogP contribution is -1.86. The van der Waals surface area contributed by atoms with Crippen LogP contribution in [-0.4, -0.2) is 11.1 Å². The van der Waals surface area contributed by atoms with Gasteiger partial charge in [-0.25, -0.2) is 4.79 Å². The topological polar surface area (TPSA) is 37.3 Å². The van der Waals surface area contributed by atoms with Gasteiger partial charge in [0.05, 0.1) is 0 Å². The normalized spacial score (nSPS) is 11.4. The van der Waals surface area contributed by atoms with Gasteiger partial charge in [0.1, 0.15) is 0 Å². The number of aliphatic carboxylic acids is 1. The summed E-state index contributed by atoms with van der Waals surface area (Å²) in [5.41, 5.74) is 0. The summed E-state index contributed by atoms with van der Waals surface area (Å²) < 4.78 is 0. The Balaban J connectivity index is 3.02. The highest BCUT2D eigenvalue weighted by Gasteiger charge is 1.95. The van der Waals surface area contributed by atoms with E-state index in [-0.39, 0.29) is 0 Å². The summed E-state index contributed by atoms with van der Waals surface area (Å²) in [5.74, 6) is -0.831. The highest BCUT2D eigenvalue weighted by molar-refractivity contribution is 5.79. The lowest BCUT2D eigenvalue weighted by atomic mass is 10.0. The molecule has 0 saturated carbocycles. The van der Waals surface area contributed by atoms with Crippen molar-refractivity contribution in [3.63, 3.8) is 0 Å². The molecule has 0 aromatic heterocycles. The van der Waals surface area contributed by atoms with Crippen molar-refractivity contribution in [2.75, 3.05) is 0 Å². The summed E-state index contributed by atoms with van der Waals surface area (Å²) in [6, 6.07) is 0. The van der Waals surface area contributed by atoms with Gasteiger partial charge in [0.25, 0.3) is 0 Å². The molecular formula is C24H46O2. The SMILES string of the molecule is CCCCCCCCCCCCCCCCCCCCC/C=C\C(=O)O. The first kappa shape index (κ1) is 25.2. The number of carbonyl (C=O) groups is 1. The van der Waals surface area contributed by atoms with E-state index in [1.54, 1.807) is 6.08 Å². The van der Waals surface area contributed by atoms with E-state index in [0.29, 0.717) is 0 Å². The van der Waals surface area contributed by atoms with Crippen molar-refractivity contribution < 1.29 is 9.90 Å². The average Bonchev–Trinajstić information content (AvgIpc) is 2.62. The Bertz CT molecular complexity index is 309. The van der Waals surface area contributed by atoms with Gasteiger partial charge in [-0.3, -0.25) is 0 Å². The van der Waals surface area contributed by atoms with Gasteiger partial charge in [0.2, 0.25) is 0 Å². The fourth-order valence-electron chi connectivity index (χ4n) is 3.52. The Hall–Kier alpha value is -0.790. The number of rotatable bonds is 21. The van der Waals surface area contributed by atoms with Crippen LogP contribution in [0.15, 0.2) is 12.2 Å². The van der Waals surface area contributed by atoms with E-state index < -0.39 is 5.97 Å². The van der Waals surface area contributed by atoms with Gasteiger partial charge in [-0.1, -0.05) is 129 Å². The van der Waals surface area contributed by atoms with Gasteiger partial charge < -0.3 is 5.11 Å². The number of unbranched alkanes of at least 4 members (excludes halogenated alkanes) is 19. The molecule has 2 heteroatoms. The van der Waals surface area contributed by atoms with Crippen molar-refractivity contribution in [2.45, 2.75) is 135 Å². The van der Waals surface area contributed by atoms with Crippen molar-refractivity contribution in [2.24, 2.45) is 0 Å². The van der Waals surface area contributed by atoms with Crippen molar-refractivity contribution in [3.05, 3.63) is 12.2 Å². The third kappa shape index (κ3) is 23.2. The van der Waals surface area contributed by atoms with E-state index >= 15 is 0 Å². The molecule has 0 aromatic rings. The lowest BCUT2D eigenvalue weighted by molar-refractivity contribution is -0.131. The van der Waals surface area contributed by atoms with Crippen LogP contribution in [-0.2, 0) is 4.79 Å². The van der Waals surface area contributed by atoms with Crippen LogP contribution >= 0.6 is 0 Å². The number of hydrogen-bond donors (Lipinski definition) is 1. The van der Waals surface area contributed by atoms with Gasteiger partial charge in [0.15, 0.2) is 0 Å². The van der Waals surface area contributed by atoms with Crippen molar-refractivity contribution >= 4 is 5.97 Å². The average molecular weight is 367 g/mol. The van der Waals surface area contributed by atoms with Gasteiger partial charge in [0, 0.05) is 6.08 Å². The molecule has 0 unspecified atom stereocenters. The molecule has 0 aliphatic heterocycles. The number of allylic oxidation sites excluding steroid dienone is 1. The summed E-state index contributed by atoms with van der Waals surface area (Å²) in [5, 5.41) is 8.49. The Morgan fingerprint density at radius 1 is 0.577 bits per heavy atom. The van der Waals surface area contributed by atoms with Crippen LogP contribution in [0.4, 0.5) is 0 Å². The van der Waals surface area contributed by atoms with Crippen LogP contribution < -0.4 is 0 Å². The van der Waals surface area contributed by atoms with Crippen LogP contribution in [0.5, 0.6) is 0 Å². The first-order chi connectivity index (χ1) is 12.8. The zero-order valence-electron chi connectivity index (χ0n) is 17.7. The molecule has 0 aromatic carbocycles. The minimum absolute atomic E-state index is 0.831. The maximum absolute atomic E-state index is 10.3. The van der Waals surface area contributed by atoms with E-state index in [0.717, 1.165) is 12.8 Å². The van der Waals surface area contributed by atoms with Crippen LogP contribution in [0.25, 0.3) is 0 Å². The van der Waals surface area contributed by atoms with Gasteiger partial charge in [-0.05, 0) is 12.8 Å². The summed E-state index contributed by atoms with van der Waals surface area (Å²) in [6.45, 7) is 2.29. The molecule has 0 fully saturated rings. The van der Waals surface area contributed by atoms with E-state index in [9.17, 15) is 4.79 Å². The first-order valence-corrected chi connectivity index (χ1v) is 11.7. The quantitative estimate of drug-likeness (QED) is 0.163. The number of carboxylic acids is 1. The monoisotopic (exact) mass is 366 g/mol. The van der Waals surface area contributed by atoms with Gasteiger partial charge in [-0.2, -0.15) is 0 Å². The number of hydrogen-bond acceptors (Lipinski definition) is 1. The largest absolute Gasteiger partial charge is 0.478 e. The molecule has 0 atom stereocenters. The zero-order valence-corrected chi connectivity index (χ0v) is 17.7. The van der Waals surface area contributed by atoms with E-state index in [1.807, 2.05) is 0 Å². The molecule has 0 heterocycles. The van der Waals surface area contributed by atoms with Gasteiger partial charge in [-0.15, -0.1) is 0 Å². The van der Waals surface area contributed by atoms with E-state index in [1.165, 1.54) is 122 Å². The fraction of sp³-hybridized carbons (Fsp3) is 0.875. The van der Waals surface area contributed by atoms with E-state index in [2.05, 4.69) is 6.92 Å². The Morgan fingerprint density at radius 3 is 1.19 bits per heavy atom. The van der Waals surface area contributed by atoms with E-state index in [4.69, 9.17) is 5.11 Å². The highest BCUT2D eigenvalue weighted by atomic mass is 16.4. The molecule has 154 valence electrons. The first-order valence-electron chi connectivity index (χ1n) is 11.7. The maximum Gasteiger partial charge on any atom is 0.327 e. The molecule has 0 rings (SSSR count). The molecule has 0 radical (unpaired) electrons. The highest BCUT2D eigenvalue weighted by Crippen LogP contribution is 2.14. The summed E-state index contributed by atoms with van der Waals surface area (Å²) in [6.07, 6.45) is 30.4. The summed E-state index contributed by atoms with van der Waals surface area (Å²) in [4.78, 5) is 10.3. The molecule has 1 N–H and O–H groups in total. The summed E-state index contributed by atoms with van der Waals surface area (Å²) >= 11 is 0. The molecule has 0 spiro atoms. The second-order valence-electron chi connectivity index (χ2n) is 7.89. The molecule has 0 bridgehead atoms. The van der Waals surface area contributed by atoms with Crippen LogP contribution in [0.1, 0.15) is 135 Å². The van der Waals surface area contributed by atoms with Crippen molar-refractivity contribution in [1.82, 2.24) is 0 Å². The number of carboxylic acid groups (broad SMARTS) is 1. The summed E-state index contributed by atoms with van der Waals surface area (Å²) in [7, 11) is 0. The Kier molecular flexibility index (Phi) is 21.6. The minimum atomic E-state index is -0.831. The van der Waals surface area contributed by atoms with Crippen LogP contribution in [0.3, 0.4) is 0 Å². The predicted molar refractivity (Wildman–Crippen MR) is 115 cm³/mol. The predicted octanol–water partition coefficient (Wildman–Crippen LogP) is 8.45. The molecular weight excluding hydrogens is 320 g/mol. The van der Waals surface area contributed by atoms with Crippen LogP contribution in [0.2, 0.25) is 0 Å².